The normalized spacial score (nSPS) is 13.0. The zero-order valence-corrected chi connectivity index (χ0v) is 14.0. The van der Waals surface area contributed by atoms with E-state index in [1.165, 1.54) is 14.0 Å². The molecule has 0 aliphatic carbocycles. The molecule has 1 amide bonds. The molecule has 1 N–H and O–H groups in total. The summed E-state index contributed by atoms with van der Waals surface area (Å²) in [5.74, 6) is -0.644. The predicted molar refractivity (Wildman–Crippen MR) is 85.6 cm³/mol. The molecule has 0 radical (unpaired) electrons. The molecular formula is C17H20F3N3O. The molecule has 0 fully saturated rings. The molecule has 24 heavy (non-hydrogen) atoms. The number of anilines is 1. The average Bonchev–Trinajstić information content (AvgIpc) is 2.77. The van der Waals surface area contributed by atoms with Gasteiger partial charge in [-0.3, -0.25) is 9.48 Å². The molecule has 130 valence electrons. The summed E-state index contributed by atoms with van der Waals surface area (Å²) >= 11 is 0. The summed E-state index contributed by atoms with van der Waals surface area (Å²) in [6.07, 6.45) is -4.03. The van der Waals surface area contributed by atoms with E-state index < -0.39 is 11.9 Å². The van der Waals surface area contributed by atoms with Crippen molar-refractivity contribution in [3.05, 3.63) is 46.6 Å². The molecule has 2 aromatic rings. The van der Waals surface area contributed by atoms with Gasteiger partial charge < -0.3 is 5.32 Å². The molecule has 0 aliphatic rings. The second-order valence-electron chi connectivity index (χ2n) is 6.02. The van der Waals surface area contributed by atoms with Crippen molar-refractivity contribution in [3.8, 4) is 0 Å². The highest BCUT2D eigenvalue weighted by Gasteiger charge is 2.37. The van der Waals surface area contributed by atoms with Gasteiger partial charge in [0.25, 0.3) is 0 Å². The zero-order chi connectivity index (χ0) is 18.1. The summed E-state index contributed by atoms with van der Waals surface area (Å²) in [5.41, 5.74) is 1.06. The van der Waals surface area contributed by atoms with Crippen molar-refractivity contribution in [2.75, 3.05) is 5.32 Å². The maximum atomic E-state index is 12.9. The highest BCUT2D eigenvalue weighted by atomic mass is 19.4. The lowest BCUT2D eigenvalue weighted by atomic mass is 9.99. The van der Waals surface area contributed by atoms with Gasteiger partial charge in [-0.25, -0.2) is 0 Å². The summed E-state index contributed by atoms with van der Waals surface area (Å²) < 4.78 is 39.7. The van der Waals surface area contributed by atoms with Crippen LogP contribution in [0.15, 0.2) is 24.3 Å². The molecule has 4 nitrogen and oxygen atoms in total. The first kappa shape index (κ1) is 18.0. The number of nitrogens with zero attached hydrogens (tertiary/aromatic N) is 2. The summed E-state index contributed by atoms with van der Waals surface area (Å²) in [6.45, 7) is 5.02. The van der Waals surface area contributed by atoms with Crippen LogP contribution >= 0.6 is 0 Å². The Kier molecular flexibility index (Phi) is 5.01. The number of amides is 1. The Bertz CT molecular complexity index is 733. The Morgan fingerprint density at radius 1 is 1.25 bits per heavy atom. The van der Waals surface area contributed by atoms with Crippen LogP contribution in [0.25, 0.3) is 0 Å². The zero-order valence-electron chi connectivity index (χ0n) is 14.0. The first-order valence-electron chi connectivity index (χ1n) is 7.56. The molecule has 0 bridgehead atoms. The number of aromatic nitrogens is 2. The van der Waals surface area contributed by atoms with Crippen LogP contribution in [0.4, 0.5) is 19.0 Å². The van der Waals surface area contributed by atoms with Gasteiger partial charge in [-0.2, -0.15) is 18.3 Å². The van der Waals surface area contributed by atoms with Gasteiger partial charge in [0.2, 0.25) is 5.91 Å². The van der Waals surface area contributed by atoms with Crippen LogP contribution in [-0.4, -0.2) is 15.7 Å². The molecule has 1 atom stereocenters. The summed E-state index contributed by atoms with van der Waals surface area (Å²) in [7, 11) is 1.38. The van der Waals surface area contributed by atoms with Gasteiger partial charge in [0.15, 0.2) is 5.69 Å². The third kappa shape index (κ3) is 3.96. The third-order valence-electron chi connectivity index (χ3n) is 3.90. The van der Waals surface area contributed by atoms with Gasteiger partial charge in [0.05, 0.1) is 0 Å². The van der Waals surface area contributed by atoms with Crippen LogP contribution < -0.4 is 5.32 Å². The summed E-state index contributed by atoms with van der Waals surface area (Å²) in [4.78, 5) is 12.3. The quantitative estimate of drug-likeness (QED) is 0.919. The van der Waals surface area contributed by atoms with Crippen LogP contribution in [0.2, 0.25) is 0 Å². The first-order chi connectivity index (χ1) is 11.1. The van der Waals surface area contributed by atoms with Crippen LogP contribution in [-0.2, 0) is 24.4 Å². The van der Waals surface area contributed by atoms with Crippen molar-refractivity contribution in [1.29, 1.82) is 0 Å². The van der Waals surface area contributed by atoms with E-state index in [1.807, 2.05) is 31.2 Å². The Balaban J connectivity index is 2.12. The summed E-state index contributed by atoms with van der Waals surface area (Å²) in [5, 5.41) is 6.03. The molecule has 0 saturated heterocycles. The maximum Gasteiger partial charge on any atom is 0.435 e. The first-order valence-corrected chi connectivity index (χ1v) is 7.56. The molecule has 1 aromatic heterocycles. The second-order valence-corrected chi connectivity index (χ2v) is 6.02. The van der Waals surface area contributed by atoms with Crippen LogP contribution in [0.5, 0.6) is 0 Å². The van der Waals surface area contributed by atoms with Crippen molar-refractivity contribution in [2.45, 2.75) is 33.4 Å². The number of hydrogen-bond acceptors (Lipinski definition) is 2. The third-order valence-corrected chi connectivity index (χ3v) is 3.90. The average molecular weight is 339 g/mol. The number of halogens is 3. The van der Waals surface area contributed by atoms with E-state index in [4.69, 9.17) is 0 Å². The van der Waals surface area contributed by atoms with E-state index in [9.17, 15) is 18.0 Å². The fourth-order valence-corrected chi connectivity index (χ4v) is 2.48. The van der Waals surface area contributed by atoms with Crippen LogP contribution in [0.1, 0.15) is 29.3 Å². The minimum Gasteiger partial charge on any atom is -0.310 e. The molecule has 1 unspecified atom stereocenters. The van der Waals surface area contributed by atoms with E-state index in [0.29, 0.717) is 6.42 Å². The van der Waals surface area contributed by atoms with Crippen LogP contribution in [0.3, 0.4) is 0 Å². The summed E-state index contributed by atoms with van der Waals surface area (Å²) in [6, 6.07) is 7.80. The van der Waals surface area contributed by atoms with Crippen molar-refractivity contribution in [1.82, 2.24) is 9.78 Å². The molecule has 1 heterocycles. The number of benzene rings is 1. The second kappa shape index (κ2) is 6.67. The number of carbonyl (C=O) groups is 1. The number of rotatable bonds is 4. The fourth-order valence-electron chi connectivity index (χ4n) is 2.48. The SMILES string of the molecule is Cc1ccc(CC(C)C(=O)Nc2c(C)c(C(F)(F)F)nn2C)cc1. The smallest absolute Gasteiger partial charge is 0.310 e. The molecule has 0 aliphatic heterocycles. The minimum absolute atomic E-state index is 0.0723. The van der Waals surface area contributed by atoms with Crippen molar-refractivity contribution < 1.29 is 18.0 Å². The topological polar surface area (TPSA) is 46.9 Å². The number of aryl methyl sites for hydroxylation is 2. The van der Waals surface area contributed by atoms with E-state index in [0.717, 1.165) is 15.8 Å². The van der Waals surface area contributed by atoms with Crippen LogP contribution in [0, 0.1) is 19.8 Å². The van der Waals surface area contributed by atoms with Gasteiger partial charge in [-0.05, 0) is 25.8 Å². The number of carbonyl (C=O) groups excluding carboxylic acids is 1. The number of hydrogen-bond donors (Lipinski definition) is 1. The monoisotopic (exact) mass is 339 g/mol. The number of nitrogens with one attached hydrogen (secondary N) is 1. The van der Waals surface area contributed by atoms with Gasteiger partial charge in [0.1, 0.15) is 5.82 Å². The Morgan fingerprint density at radius 2 is 1.83 bits per heavy atom. The largest absolute Gasteiger partial charge is 0.435 e. The molecule has 2 rings (SSSR count). The molecule has 1 aromatic carbocycles. The van der Waals surface area contributed by atoms with Crippen molar-refractivity contribution in [2.24, 2.45) is 13.0 Å². The highest BCUT2D eigenvalue weighted by molar-refractivity contribution is 5.92. The maximum absolute atomic E-state index is 12.9. The van der Waals surface area contributed by atoms with E-state index in [1.54, 1.807) is 6.92 Å². The Labute approximate surface area is 138 Å². The minimum atomic E-state index is -4.54. The molecule has 0 spiro atoms. The number of alkyl halides is 3. The Morgan fingerprint density at radius 3 is 2.33 bits per heavy atom. The Hall–Kier alpha value is -2.31. The van der Waals surface area contributed by atoms with Gasteiger partial charge in [-0.15, -0.1) is 0 Å². The standard InChI is InChI=1S/C17H20F3N3O/c1-10-5-7-13(8-6-10)9-11(2)16(24)21-15-12(3)14(17(18,19)20)22-23(15)4/h5-8,11H,9H2,1-4H3,(H,21,24). The van der Waals surface area contributed by atoms with Gasteiger partial charge >= 0.3 is 6.18 Å². The lowest BCUT2D eigenvalue weighted by molar-refractivity contribution is -0.141. The molecule has 7 heteroatoms. The fraction of sp³-hybridized carbons (Fsp3) is 0.412. The van der Waals surface area contributed by atoms with E-state index in [-0.39, 0.29) is 23.2 Å². The molecular weight excluding hydrogens is 319 g/mol. The van der Waals surface area contributed by atoms with Crippen molar-refractivity contribution >= 4 is 11.7 Å². The van der Waals surface area contributed by atoms with E-state index in [2.05, 4.69) is 10.4 Å². The highest BCUT2D eigenvalue weighted by Crippen LogP contribution is 2.33. The lowest BCUT2D eigenvalue weighted by Gasteiger charge is -2.13. The lowest BCUT2D eigenvalue weighted by Crippen LogP contribution is -2.23. The van der Waals surface area contributed by atoms with Gasteiger partial charge in [-0.1, -0.05) is 36.8 Å². The predicted octanol–water partition coefficient (Wildman–Crippen LogP) is 3.87. The van der Waals surface area contributed by atoms with Gasteiger partial charge in [0, 0.05) is 18.5 Å². The van der Waals surface area contributed by atoms with E-state index >= 15 is 0 Å². The molecule has 0 saturated carbocycles. The van der Waals surface area contributed by atoms with Crippen molar-refractivity contribution in [3.63, 3.8) is 0 Å².